The summed E-state index contributed by atoms with van der Waals surface area (Å²) >= 11 is 2.78. The molecule has 0 aliphatic heterocycles. The van der Waals surface area contributed by atoms with E-state index in [0.717, 1.165) is 12.1 Å². The zero-order valence-electron chi connectivity index (χ0n) is 11.9. The molecule has 0 N–H and O–H groups in total. The number of benzene rings is 2. The average Bonchev–Trinajstić information content (AvgIpc) is 2.48. The Bertz CT molecular complexity index is 829. The zero-order valence-corrected chi connectivity index (χ0v) is 14.3. The first-order chi connectivity index (χ1) is 11.1. The van der Waals surface area contributed by atoms with Crippen molar-refractivity contribution in [1.82, 2.24) is 0 Å². The quantitative estimate of drug-likeness (QED) is 0.540. The first kappa shape index (κ1) is 18.5. The van der Waals surface area contributed by atoms with Gasteiger partial charge in [-0.15, -0.1) is 0 Å². The Morgan fingerprint density at radius 3 is 2.00 bits per heavy atom. The van der Waals surface area contributed by atoms with Crippen LogP contribution < -0.4 is 4.18 Å². The van der Waals surface area contributed by atoms with E-state index in [-0.39, 0.29) is 16.9 Å². The lowest BCUT2D eigenvalue weighted by atomic mass is 10.2. The van der Waals surface area contributed by atoms with Crippen LogP contribution in [0.4, 0.5) is 13.2 Å². The van der Waals surface area contributed by atoms with Crippen molar-refractivity contribution in [2.45, 2.75) is 17.5 Å². The summed E-state index contributed by atoms with van der Waals surface area (Å²) in [4.78, 5) is 10.5. The van der Waals surface area contributed by atoms with Crippen LogP contribution in [0.1, 0.15) is 11.1 Å². The van der Waals surface area contributed by atoms with Gasteiger partial charge in [-0.1, -0.05) is 12.1 Å². The third kappa shape index (κ3) is 4.81. The van der Waals surface area contributed by atoms with Crippen molar-refractivity contribution >= 4 is 30.7 Å². The number of carbonyl (C=O) groups excluding carboxylic acids is 1. The second kappa shape index (κ2) is 6.94. The van der Waals surface area contributed by atoms with E-state index < -0.39 is 26.8 Å². The van der Waals surface area contributed by atoms with Gasteiger partial charge in [0.05, 0.1) is 5.56 Å². The molecule has 0 saturated heterocycles. The third-order valence-electron chi connectivity index (χ3n) is 2.94. The minimum absolute atomic E-state index is 0.0133. The van der Waals surface area contributed by atoms with Crippen LogP contribution in [0, 0.1) is 0 Å². The summed E-state index contributed by atoms with van der Waals surface area (Å²) in [5.41, 5.74) is -0.304. The van der Waals surface area contributed by atoms with Crippen molar-refractivity contribution < 1.29 is 30.6 Å². The highest BCUT2D eigenvalue weighted by Crippen LogP contribution is 2.30. The SMILES string of the molecule is O=C(Br)Cc1ccc(OS(=O)(=O)c2ccc(C(F)(F)F)cc2)cc1. The molecule has 0 spiro atoms. The summed E-state index contributed by atoms with van der Waals surface area (Å²) in [5.74, 6) is -0.0133. The van der Waals surface area contributed by atoms with E-state index in [4.69, 9.17) is 4.18 Å². The first-order valence-electron chi connectivity index (χ1n) is 6.47. The Hall–Kier alpha value is -1.87. The normalized spacial score (nSPS) is 12.0. The molecule has 0 unspecified atom stereocenters. The summed E-state index contributed by atoms with van der Waals surface area (Å²) in [6.07, 6.45) is -4.42. The molecular weight excluding hydrogens is 413 g/mol. The van der Waals surface area contributed by atoms with Gasteiger partial charge >= 0.3 is 16.3 Å². The molecule has 0 fully saturated rings. The number of halogens is 4. The molecule has 0 aliphatic carbocycles. The molecule has 0 radical (unpaired) electrons. The summed E-state index contributed by atoms with van der Waals surface area (Å²) in [6, 6.07) is 8.72. The van der Waals surface area contributed by atoms with Crippen LogP contribution in [0.5, 0.6) is 5.75 Å². The zero-order chi connectivity index (χ0) is 18.0. The molecule has 9 heteroatoms. The van der Waals surface area contributed by atoms with Gasteiger partial charge in [-0.3, -0.25) is 4.79 Å². The van der Waals surface area contributed by atoms with Crippen LogP contribution >= 0.6 is 15.9 Å². The second-order valence-corrected chi connectivity index (χ2v) is 7.17. The van der Waals surface area contributed by atoms with Crippen molar-refractivity contribution in [2.24, 2.45) is 0 Å². The van der Waals surface area contributed by atoms with Crippen LogP contribution in [0.15, 0.2) is 53.4 Å². The second-order valence-electron chi connectivity index (χ2n) is 4.74. The molecule has 0 amide bonds. The smallest absolute Gasteiger partial charge is 0.379 e. The van der Waals surface area contributed by atoms with E-state index in [1.807, 2.05) is 0 Å². The van der Waals surface area contributed by atoms with Gasteiger partial charge in [-0.2, -0.15) is 21.6 Å². The number of hydrogen-bond donors (Lipinski definition) is 0. The van der Waals surface area contributed by atoms with Gasteiger partial charge in [-0.25, -0.2) is 0 Å². The van der Waals surface area contributed by atoms with Crippen LogP contribution in [0.3, 0.4) is 0 Å². The Morgan fingerprint density at radius 1 is 1.00 bits per heavy atom. The van der Waals surface area contributed by atoms with Crippen molar-refractivity contribution in [3.8, 4) is 5.75 Å². The van der Waals surface area contributed by atoms with Gasteiger partial charge in [0.15, 0.2) is 0 Å². The molecule has 0 aliphatic rings. The molecule has 2 aromatic rings. The topological polar surface area (TPSA) is 60.4 Å². The fourth-order valence-electron chi connectivity index (χ4n) is 1.81. The molecular formula is C15H10BrF3O4S. The van der Waals surface area contributed by atoms with E-state index in [2.05, 4.69) is 15.9 Å². The van der Waals surface area contributed by atoms with Crippen molar-refractivity contribution in [2.75, 3.05) is 0 Å². The number of alkyl halides is 3. The molecule has 2 aromatic carbocycles. The monoisotopic (exact) mass is 422 g/mol. The lowest BCUT2D eigenvalue weighted by molar-refractivity contribution is -0.137. The minimum Gasteiger partial charge on any atom is -0.379 e. The lowest BCUT2D eigenvalue weighted by Gasteiger charge is -2.09. The van der Waals surface area contributed by atoms with Crippen molar-refractivity contribution in [3.05, 3.63) is 59.7 Å². The molecule has 0 aromatic heterocycles. The summed E-state index contributed by atoms with van der Waals surface area (Å²) < 4.78 is 66.2. The van der Waals surface area contributed by atoms with Gasteiger partial charge in [0.2, 0.25) is 4.69 Å². The average molecular weight is 423 g/mol. The Kier molecular flexibility index (Phi) is 5.34. The van der Waals surface area contributed by atoms with E-state index in [9.17, 15) is 26.4 Å². The molecule has 24 heavy (non-hydrogen) atoms. The van der Waals surface area contributed by atoms with Gasteiger partial charge in [-0.05, 0) is 57.9 Å². The fraction of sp³-hybridized carbons (Fsp3) is 0.133. The van der Waals surface area contributed by atoms with E-state index >= 15 is 0 Å². The first-order valence-corrected chi connectivity index (χ1v) is 8.67. The Labute approximate surface area is 144 Å². The summed E-state index contributed by atoms with van der Waals surface area (Å²) in [5, 5.41) is 0. The predicted molar refractivity (Wildman–Crippen MR) is 83.3 cm³/mol. The highest BCUT2D eigenvalue weighted by atomic mass is 79.9. The maximum atomic E-state index is 12.5. The highest BCUT2D eigenvalue weighted by Gasteiger charge is 2.30. The number of hydrogen-bond acceptors (Lipinski definition) is 4. The van der Waals surface area contributed by atoms with Crippen LogP contribution in [-0.4, -0.2) is 13.1 Å². The number of carbonyl (C=O) groups is 1. The van der Waals surface area contributed by atoms with Crippen molar-refractivity contribution in [3.63, 3.8) is 0 Å². The van der Waals surface area contributed by atoms with E-state index in [1.165, 1.54) is 24.3 Å². The van der Waals surface area contributed by atoms with Gasteiger partial charge in [0.1, 0.15) is 10.6 Å². The number of rotatable bonds is 5. The lowest BCUT2D eigenvalue weighted by Crippen LogP contribution is -2.11. The van der Waals surface area contributed by atoms with E-state index in [0.29, 0.717) is 17.7 Å². The fourth-order valence-corrected chi connectivity index (χ4v) is 3.06. The van der Waals surface area contributed by atoms with Crippen molar-refractivity contribution in [1.29, 1.82) is 0 Å². The maximum absolute atomic E-state index is 12.5. The Morgan fingerprint density at radius 2 is 1.54 bits per heavy atom. The van der Waals surface area contributed by atoms with Crippen LogP contribution in [0.2, 0.25) is 0 Å². The van der Waals surface area contributed by atoms with Crippen LogP contribution in [-0.2, 0) is 27.5 Å². The maximum Gasteiger partial charge on any atom is 0.416 e. The minimum atomic E-state index is -4.55. The molecule has 4 nitrogen and oxygen atoms in total. The molecule has 0 atom stereocenters. The summed E-state index contributed by atoms with van der Waals surface area (Å²) in [7, 11) is -4.26. The molecule has 128 valence electrons. The Balaban J connectivity index is 2.17. The van der Waals surface area contributed by atoms with Gasteiger partial charge in [0.25, 0.3) is 0 Å². The summed E-state index contributed by atoms with van der Waals surface area (Å²) in [6.45, 7) is 0. The largest absolute Gasteiger partial charge is 0.416 e. The molecule has 0 heterocycles. The highest BCUT2D eigenvalue weighted by molar-refractivity contribution is 9.18. The predicted octanol–water partition coefficient (Wildman–Crippen LogP) is 3.94. The standard InChI is InChI=1S/C15H10BrF3O4S/c16-14(20)9-10-1-5-12(6-2-10)23-24(21,22)13-7-3-11(4-8-13)15(17,18)19/h1-8H,9H2. The molecule has 2 rings (SSSR count). The molecule has 0 saturated carbocycles. The molecule has 0 bridgehead atoms. The van der Waals surface area contributed by atoms with Gasteiger partial charge in [0, 0.05) is 6.42 Å². The third-order valence-corrected chi connectivity index (χ3v) is 4.48. The van der Waals surface area contributed by atoms with Crippen LogP contribution in [0.25, 0.3) is 0 Å². The van der Waals surface area contributed by atoms with E-state index in [1.54, 1.807) is 0 Å². The van der Waals surface area contributed by atoms with Gasteiger partial charge < -0.3 is 4.18 Å².